The van der Waals surface area contributed by atoms with E-state index in [-0.39, 0.29) is 11.9 Å². The Bertz CT molecular complexity index is 543. The van der Waals surface area contributed by atoms with E-state index < -0.39 is 0 Å². The highest BCUT2D eigenvalue weighted by Crippen LogP contribution is 2.25. The summed E-state index contributed by atoms with van der Waals surface area (Å²) in [5.41, 5.74) is 0.809. The molecule has 1 atom stereocenters. The first kappa shape index (κ1) is 13.0. The number of nitrogens with zero attached hydrogens (tertiary/aromatic N) is 3. The lowest BCUT2D eigenvalue weighted by molar-refractivity contribution is 0.0744. The number of thiophene rings is 1. The van der Waals surface area contributed by atoms with Crippen molar-refractivity contribution in [2.45, 2.75) is 13.0 Å². The van der Waals surface area contributed by atoms with Gasteiger partial charge >= 0.3 is 0 Å². The molecule has 0 aliphatic carbocycles. The van der Waals surface area contributed by atoms with Gasteiger partial charge in [0.05, 0.1) is 20.9 Å². The van der Waals surface area contributed by atoms with Gasteiger partial charge in [-0.15, -0.1) is 11.3 Å². The third kappa shape index (κ3) is 2.68. The lowest BCUT2D eigenvalue weighted by Gasteiger charge is -2.23. The monoisotopic (exact) mass is 281 g/mol. The molecule has 4 nitrogen and oxygen atoms in total. The van der Waals surface area contributed by atoms with Crippen LogP contribution in [0.2, 0.25) is 4.34 Å². The fourth-order valence-corrected chi connectivity index (χ4v) is 2.55. The molecule has 94 valence electrons. The van der Waals surface area contributed by atoms with E-state index in [1.54, 1.807) is 36.3 Å². The average molecular weight is 282 g/mol. The SMILES string of the molecule is C[C@@H](c1ccncn1)N(C)C(=O)c1ccc(Cl)s1. The molecule has 2 rings (SSSR count). The Labute approximate surface area is 114 Å². The van der Waals surface area contributed by atoms with E-state index in [0.29, 0.717) is 9.21 Å². The van der Waals surface area contributed by atoms with E-state index >= 15 is 0 Å². The van der Waals surface area contributed by atoms with Gasteiger partial charge in [-0.2, -0.15) is 0 Å². The number of halogens is 1. The first-order valence-corrected chi connectivity index (χ1v) is 6.57. The van der Waals surface area contributed by atoms with Crippen molar-refractivity contribution in [1.82, 2.24) is 14.9 Å². The maximum absolute atomic E-state index is 12.2. The van der Waals surface area contributed by atoms with E-state index in [9.17, 15) is 4.79 Å². The van der Waals surface area contributed by atoms with Crippen LogP contribution in [0.5, 0.6) is 0 Å². The zero-order chi connectivity index (χ0) is 13.1. The normalized spacial score (nSPS) is 12.2. The quantitative estimate of drug-likeness (QED) is 0.869. The number of aromatic nitrogens is 2. The molecule has 0 fully saturated rings. The minimum absolute atomic E-state index is 0.0574. The number of amides is 1. The maximum atomic E-state index is 12.2. The molecule has 0 spiro atoms. The van der Waals surface area contributed by atoms with Crippen molar-refractivity contribution in [3.05, 3.63) is 45.6 Å². The number of carbonyl (C=O) groups is 1. The van der Waals surface area contributed by atoms with Gasteiger partial charge in [0.2, 0.25) is 0 Å². The molecular weight excluding hydrogens is 270 g/mol. The Morgan fingerprint density at radius 1 is 1.44 bits per heavy atom. The summed E-state index contributed by atoms with van der Waals surface area (Å²) in [5.74, 6) is -0.0574. The van der Waals surface area contributed by atoms with Crippen LogP contribution in [0.3, 0.4) is 0 Å². The fourth-order valence-electron chi connectivity index (χ4n) is 1.53. The summed E-state index contributed by atoms with van der Waals surface area (Å²) in [6, 6.07) is 5.15. The van der Waals surface area contributed by atoms with Crippen LogP contribution in [-0.2, 0) is 0 Å². The minimum atomic E-state index is -0.110. The van der Waals surface area contributed by atoms with Gasteiger partial charge < -0.3 is 4.90 Å². The van der Waals surface area contributed by atoms with Gasteiger partial charge in [0, 0.05) is 13.2 Å². The second-order valence-electron chi connectivity index (χ2n) is 3.83. The second kappa shape index (κ2) is 5.46. The van der Waals surface area contributed by atoms with Crippen molar-refractivity contribution in [3.63, 3.8) is 0 Å². The zero-order valence-electron chi connectivity index (χ0n) is 10.0. The van der Waals surface area contributed by atoms with E-state index in [1.807, 2.05) is 6.92 Å². The van der Waals surface area contributed by atoms with Crippen molar-refractivity contribution < 1.29 is 4.79 Å². The van der Waals surface area contributed by atoms with Crippen LogP contribution in [0.25, 0.3) is 0 Å². The van der Waals surface area contributed by atoms with Gasteiger partial charge in [-0.05, 0) is 25.1 Å². The van der Waals surface area contributed by atoms with Crippen LogP contribution in [0.1, 0.15) is 28.3 Å². The summed E-state index contributed by atoms with van der Waals surface area (Å²) in [7, 11) is 1.75. The summed E-state index contributed by atoms with van der Waals surface area (Å²) < 4.78 is 0.612. The molecule has 6 heteroatoms. The summed E-state index contributed by atoms with van der Waals surface area (Å²) in [4.78, 5) is 22.5. The van der Waals surface area contributed by atoms with Crippen LogP contribution in [0.15, 0.2) is 30.7 Å². The van der Waals surface area contributed by atoms with Crippen molar-refractivity contribution >= 4 is 28.8 Å². The lowest BCUT2D eigenvalue weighted by Crippen LogP contribution is -2.29. The first-order valence-electron chi connectivity index (χ1n) is 5.38. The molecule has 2 aromatic rings. The van der Waals surface area contributed by atoms with E-state index in [2.05, 4.69) is 9.97 Å². The highest BCUT2D eigenvalue weighted by Gasteiger charge is 2.20. The van der Waals surface area contributed by atoms with Crippen LogP contribution in [-0.4, -0.2) is 27.8 Å². The lowest BCUT2D eigenvalue weighted by atomic mass is 10.2. The van der Waals surface area contributed by atoms with Crippen LogP contribution in [0.4, 0.5) is 0 Å². The largest absolute Gasteiger partial charge is 0.333 e. The molecule has 0 aliphatic rings. The first-order chi connectivity index (χ1) is 8.59. The van der Waals surface area contributed by atoms with Gasteiger partial charge in [0.15, 0.2) is 0 Å². The molecule has 2 aromatic heterocycles. The average Bonchev–Trinajstić information content (AvgIpc) is 2.84. The Balaban J connectivity index is 2.16. The summed E-state index contributed by atoms with van der Waals surface area (Å²) in [5, 5.41) is 0. The van der Waals surface area contributed by atoms with Crippen LogP contribution in [0, 0.1) is 0 Å². The molecule has 18 heavy (non-hydrogen) atoms. The smallest absolute Gasteiger partial charge is 0.264 e. The third-order valence-corrected chi connectivity index (χ3v) is 3.94. The number of rotatable bonds is 3. The van der Waals surface area contributed by atoms with E-state index in [4.69, 9.17) is 11.6 Å². The van der Waals surface area contributed by atoms with Crippen LogP contribution < -0.4 is 0 Å². The number of carbonyl (C=O) groups excluding carboxylic acids is 1. The topological polar surface area (TPSA) is 46.1 Å². The van der Waals surface area contributed by atoms with Gasteiger partial charge in [0.25, 0.3) is 5.91 Å². The Hall–Kier alpha value is -1.46. The van der Waals surface area contributed by atoms with E-state index in [0.717, 1.165) is 5.69 Å². The Morgan fingerprint density at radius 2 is 2.22 bits per heavy atom. The Kier molecular flexibility index (Phi) is 3.93. The standard InChI is InChI=1S/C12H12ClN3OS/c1-8(9-5-6-14-7-15-9)16(2)12(17)10-3-4-11(13)18-10/h3-8H,1-2H3/t8-/m0/s1. The molecular formula is C12H12ClN3OS. The fraction of sp³-hybridized carbons (Fsp3) is 0.250. The van der Waals surface area contributed by atoms with Crippen molar-refractivity contribution in [2.24, 2.45) is 0 Å². The Morgan fingerprint density at radius 3 is 2.78 bits per heavy atom. The summed E-state index contributed by atoms with van der Waals surface area (Å²) in [6.07, 6.45) is 3.14. The molecule has 2 heterocycles. The maximum Gasteiger partial charge on any atom is 0.264 e. The van der Waals surface area contributed by atoms with Crippen molar-refractivity contribution in [3.8, 4) is 0 Å². The molecule has 0 N–H and O–H groups in total. The van der Waals surface area contributed by atoms with Crippen LogP contribution >= 0.6 is 22.9 Å². The minimum Gasteiger partial charge on any atom is -0.333 e. The van der Waals surface area contributed by atoms with E-state index in [1.165, 1.54) is 17.7 Å². The second-order valence-corrected chi connectivity index (χ2v) is 5.55. The predicted molar refractivity (Wildman–Crippen MR) is 71.9 cm³/mol. The zero-order valence-corrected chi connectivity index (χ0v) is 11.6. The predicted octanol–water partition coefficient (Wildman–Crippen LogP) is 3.02. The molecule has 0 bridgehead atoms. The molecule has 0 unspecified atom stereocenters. The van der Waals surface area contributed by atoms with Crippen molar-refractivity contribution in [1.29, 1.82) is 0 Å². The van der Waals surface area contributed by atoms with Crippen molar-refractivity contribution in [2.75, 3.05) is 7.05 Å². The van der Waals surface area contributed by atoms with Gasteiger partial charge in [0.1, 0.15) is 6.33 Å². The molecule has 0 aromatic carbocycles. The molecule has 0 saturated carbocycles. The van der Waals surface area contributed by atoms with Gasteiger partial charge in [-0.25, -0.2) is 9.97 Å². The highest BCUT2D eigenvalue weighted by atomic mass is 35.5. The molecule has 0 aliphatic heterocycles. The van der Waals surface area contributed by atoms with Gasteiger partial charge in [-0.3, -0.25) is 4.79 Å². The summed E-state index contributed by atoms with van der Waals surface area (Å²) >= 11 is 7.11. The number of hydrogen-bond donors (Lipinski definition) is 0. The molecule has 1 amide bonds. The molecule has 0 saturated heterocycles. The summed E-state index contributed by atoms with van der Waals surface area (Å²) in [6.45, 7) is 1.93. The third-order valence-electron chi connectivity index (χ3n) is 2.72. The van der Waals surface area contributed by atoms with Gasteiger partial charge in [-0.1, -0.05) is 11.6 Å². The number of hydrogen-bond acceptors (Lipinski definition) is 4. The molecule has 0 radical (unpaired) electrons. The highest BCUT2D eigenvalue weighted by molar-refractivity contribution is 7.17.